The molecule has 0 bridgehead atoms. The van der Waals surface area contributed by atoms with Gasteiger partial charge in [0.2, 0.25) is 0 Å². The molecule has 1 heterocycles. The van der Waals surface area contributed by atoms with Gasteiger partial charge in [-0.25, -0.2) is 0 Å². The van der Waals surface area contributed by atoms with Crippen molar-refractivity contribution in [2.24, 2.45) is 0 Å². The molecule has 2 rings (SSSR count). The Morgan fingerprint density at radius 1 is 1.16 bits per heavy atom. The molecular weight excluding hydrogens is 340 g/mol. The van der Waals surface area contributed by atoms with E-state index in [9.17, 15) is 14.4 Å². The van der Waals surface area contributed by atoms with E-state index in [2.05, 4.69) is 10.6 Å². The maximum Gasteiger partial charge on any atom is 0.326 e. The summed E-state index contributed by atoms with van der Waals surface area (Å²) in [6, 6.07) is 10.8. The highest BCUT2D eigenvalue weighted by Crippen LogP contribution is 2.11. The van der Waals surface area contributed by atoms with Crippen molar-refractivity contribution in [3.8, 4) is 0 Å². The summed E-state index contributed by atoms with van der Waals surface area (Å²) in [5.41, 5.74) is 1.80. The third kappa shape index (κ3) is 5.72. The predicted molar refractivity (Wildman–Crippen MR) is 96.7 cm³/mol. The highest BCUT2D eigenvalue weighted by atomic mass is 32.1. The van der Waals surface area contributed by atoms with E-state index in [1.807, 2.05) is 19.1 Å². The van der Waals surface area contributed by atoms with Crippen LogP contribution in [0.5, 0.6) is 0 Å². The van der Waals surface area contributed by atoms with Crippen LogP contribution in [0.25, 0.3) is 0 Å². The van der Waals surface area contributed by atoms with Gasteiger partial charge in [0.15, 0.2) is 6.10 Å². The first-order valence-electron chi connectivity index (χ1n) is 7.90. The first-order valence-corrected chi connectivity index (χ1v) is 8.78. The Kier molecular flexibility index (Phi) is 6.71. The monoisotopic (exact) mass is 360 g/mol. The van der Waals surface area contributed by atoms with Gasteiger partial charge in [0.25, 0.3) is 11.8 Å². The Hall–Kier alpha value is -2.67. The van der Waals surface area contributed by atoms with E-state index < -0.39 is 18.0 Å². The molecule has 1 aromatic heterocycles. The van der Waals surface area contributed by atoms with Crippen LogP contribution in [-0.4, -0.2) is 30.4 Å². The minimum absolute atomic E-state index is 0.292. The van der Waals surface area contributed by atoms with Crippen LogP contribution in [0.15, 0.2) is 41.8 Å². The molecule has 132 valence electrons. The third-order valence-corrected chi connectivity index (χ3v) is 4.31. The van der Waals surface area contributed by atoms with Crippen molar-refractivity contribution in [2.75, 3.05) is 11.9 Å². The van der Waals surface area contributed by atoms with Crippen molar-refractivity contribution < 1.29 is 19.1 Å². The maximum atomic E-state index is 12.1. The Morgan fingerprint density at radius 2 is 1.88 bits per heavy atom. The normalized spacial score (nSPS) is 11.4. The summed E-state index contributed by atoms with van der Waals surface area (Å²) in [5, 5.41) is 6.91. The van der Waals surface area contributed by atoms with Gasteiger partial charge in [-0.2, -0.15) is 0 Å². The number of thiophene rings is 1. The molecule has 0 spiro atoms. The first-order chi connectivity index (χ1) is 12.0. The summed E-state index contributed by atoms with van der Waals surface area (Å²) in [5.74, 6) is -1.45. The Balaban J connectivity index is 1.77. The van der Waals surface area contributed by atoms with Crippen molar-refractivity contribution in [3.05, 3.63) is 52.2 Å². The third-order valence-electron chi connectivity index (χ3n) is 3.45. The van der Waals surface area contributed by atoms with Gasteiger partial charge in [0, 0.05) is 5.69 Å². The molecule has 0 saturated carbocycles. The zero-order valence-electron chi connectivity index (χ0n) is 14.1. The molecule has 2 amide bonds. The van der Waals surface area contributed by atoms with E-state index in [0.717, 1.165) is 6.42 Å². The van der Waals surface area contributed by atoms with Crippen molar-refractivity contribution in [3.63, 3.8) is 0 Å². The summed E-state index contributed by atoms with van der Waals surface area (Å²) in [6.07, 6.45) is -0.0450. The second-order valence-corrected chi connectivity index (χ2v) is 6.28. The van der Waals surface area contributed by atoms with Crippen LogP contribution >= 0.6 is 11.3 Å². The average molecular weight is 360 g/mol. The number of ether oxygens (including phenoxy) is 1. The molecule has 0 saturated heterocycles. The maximum absolute atomic E-state index is 12.1. The Labute approximate surface area is 150 Å². The number of aryl methyl sites for hydroxylation is 1. The highest BCUT2D eigenvalue weighted by molar-refractivity contribution is 7.12. The Bertz CT molecular complexity index is 726. The van der Waals surface area contributed by atoms with Crippen molar-refractivity contribution in [2.45, 2.75) is 26.4 Å². The molecule has 0 radical (unpaired) electrons. The highest BCUT2D eigenvalue weighted by Gasteiger charge is 2.18. The molecule has 0 aliphatic rings. The van der Waals surface area contributed by atoms with E-state index in [4.69, 9.17) is 4.74 Å². The number of esters is 1. The van der Waals surface area contributed by atoms with Gasteiger partial charge in [0.1, 0.15) is 6.54 Å². The van der Waals surface area contributed by atoms with Crippen LogP contribution in [0.2, 0.25) is 0 Å². The summed E-state index contributed by atoms with van der Waals surface area (Å²) in [4.78, 5) is 36.1. The smallest absolute Gasteiger partial charge is 0.326 e. The molecule has 7 heteroatoms. The van der Waals surface area contributed by atoms with Crippen LogP contribution in [-0.2, 0) is 20.7 Å². The van der Waals surface area contributed by atoms with Crippen LogP contribution in [0.1, 0.15) is 29.1 Å². The molecule has 1 aromatic carbocycles. The largest absolute Gasteiger partial charge is 0.451 e. The van der Waals surface area contributed by atoms with E-state index in [1.54, 1.807) is 29.6 Å². The van der Waals surface area contributed by atoms with Gasteiger partial charge >= 0.3 is 5.97 Å². The lowest BCUT2D eigenvalue weighted by Crippen LogP contribution is -2.35. The fraction of sp³-hybridized carbons (Fsp3) is 0.278. The molecule has 1 atom stereocenters. The van der Waals surface area contributed by atoms with E-state index in [1.165, 1.54) is 23.8 Å². The van der Waals surface area contributed by atoms with Gasteiger partial charge in [-0.15, -0.1) is 11.3 Å². The SMILES string of the molecule is CCc1ccc(NC(=O)[C@@H](C)OC(=O)CNC(=O)c2cccs2)cc1. The minimum atomic E-state index is -0.961. The summed E-state index contributed by atoms with van der Waals surface area (Å²) in [7, 11) is 0. The number of carbonyl (C=O) groups excluding carboxylic acids is 3. The van der Waals surface area contributed by atoms with Gasteiger partial charge in [-0.3, -0.25) is 14.4 Å². The van der Waals surface area contributed by atoms with E-state index in [-0.39, 0.29) is 12.5 Å². The molecule has 2 N–H and O–H groups in total. The quantitative estimate of drug-likeness (QED) is 0.744. The van der Waals surface area contributed by atoms with Crippen molar-refractivity contribution in [1.82, 2.24) is 5.32 Å². The lowest BCUT2D eigenvalue weighted by atomic mass is 10.1. The topological polar surface area (TPSA) is 84.5 Å². The van der Waals surface area contributed by atoms with Crippen LogP contribution < -0.4 is 10.6 Å². The number of anilines is 1. The number of nitrogens with one attached hydrogen (secondary N) is 2. The van der Waals surface area contributed by atoms with E-state index in [0.29, 0.717) is 10.6 Å². The molecule has 0 aliphatic carbocycles. The van der Waals surface area contributed by atoms with Crippen LogP contribution in [0.4, 0.5) is 5.69 Å². The molecule has 25 heavy (non-hydrogen) atoms. The van der Waals surface area contributed by atoms with Crippen molar-refractivity contribution in [1.29, 1.82) is 0 Å². The molecule has 2 aromatic rings. The lowest BCUT2D eigenvalue weighted by Gasteiger charge is -2.14. The summed E-state index contributed by atoms with van der Waals surface area (Å²) >= 11 is 1.28. The number of benzene rings is 1. The standard InChI is InChI=1S/C18H20N2O4S/c1-3-13-6-8-14(9-7-13)20-17(22)12(2)24-16(21)11-19-18(23)15-5-4-10-25-15/h4-10,12H,3,11H2,1-2H3,(H,19,23)(H,20,22)/t12-/m1/s1. The van der Waals surface area contributed by atoms with Crippen LogP contribution in [0.3, 0.4) is 0 Å². The predicted octanol–water partition coefficient (Wildman–Crippen LogP) is 2.61. The number of hydrogen-bond acceptors (Lipinski definition) is 5. The minimum Gasteiger partial charge on any atom is -0.451 e. The zero-order chi connectivity index (χ0) is 18.2. The lowest BCUT2D eigenvalue weighted by molar-refractivity contribution is -0.152. The zero-order valence-corrected chi connectivity index (χ0v) is 14.9. The summed E-state index contributed by atoms with van der Waals surface area (Å²) < 4.78 is 5.03. The average Bonchev–Trinajstić information content (AvgIpc) is 3.15. The van der Waals surface area contributed by atoms with Gasteiger partial charge in [0.05, 0.1) is 4.88 Å². The van der Waals surface area contributed by atoms with E-state index >= 15 is 0 Å². The molecule has 0 aliphatic heterocycles. The number of carbonyl (C=O) groups is 3. The first kappa shape index (κ1) is 18.7. The fourth-order valence-corrected chi connectivity index (χ4v) is 2.65. The fourth-order valence-electron chi connectivity index (χ4n) is 2.01. The van der Waals surface area contributed by atoms with Crippen molar-refractivity contribution >= 4 is 34.8 Å². The number of rotatable bonds is 7. The molecular formula is C18H20N2O4S. The second kappa shape index (κ2) is 8.98. The van der Waals surface area contributed by atoms with Gasteiger partial charge in [-0.05, 0) is 42.5 Å². The molecule has 0 unspecified atom stereocenters. The summed E-state index contributed by atoms with van der Waals surface area (Å²) in [6.45, 7) is 3.24. The second-order valence-electron chi connectivity index (χ2n) is 5.33. The number of hydrogen-bond donors (Lipinski definition) is 2. The van der Waals surface area contributed by atoms with Gasteiger partial charge in [-0.1, -0.05) is 25.1 Å². The van der Waals surface area contributed by atoms with Gasteiger partial charge < -0.3 is 15.4 Å². The molecule has 6 nitrogen and oxygen atoms in total. The molecule has 0 fully saturated rings. The Morgan fingerprint density at radius 3 is 2.48 bits per heavy atom. The van der Waals surface area contributed by atoms with Crippen LogP contribution in [0, 0.1) is 0 Å². The number of amides is 2.